The second-order valence-electron chi connectivity index (χ2n) is 4.67. The monoisotopic (exact) mass is 249 g/mol. The normalized spacial score (nSPS) is 19.4. The van der Waals surface area contributed by atoms with Gasteiger partial charge in [0.2, 0.25) is 0 Å². The van der Waals surface area contributed by atoms with E-state index in [0.717, 1.165) is 19.5 Å². The molecule has 0 radical (unpaired) electrons. The third-order valence-corrected chi connectivity index (χ3v) is 3.30. The summed E-state index contributed by atoms with van der Waals surface area (Å²) in [5, 5.41) is 6.15. The molecule has 1 aliphatic heterocycles. The van der Waals surface area contributed by atoms with Crippen molar-refractivity contribution in [2.45, 2.75) is 19.3 Å². The lowest BCUT2D eigenvalue weighted by Crippen LogP contribution is -2.34. The van der Waals surface area contributed by atoms with E-state index in [1.165, 1.54) is 25.1 Å². The topological polar surface area (TPSA) is 74.0 Å². The van der Waals surface area contributed by atoms with Crippen LogP contribution in [-0.4, -0.2) is 30.5 Å². The van der Waals surface area contributed by atoms with Gasteiger partial charge in [0.25, 0.3) is 11.5 Å². The number of pyridine rings is 1. The van der Waals surface area contributed by atoms with Gasteiger partial charge in [-0.2, -0.15) is 0 Å². The van der Waals surface area contributed by atoms with E-state index in [-0.39, 0.29) is 17.0 Å². The molecule has 1 aromatic rings. The van der Waals surface area contributed by atoms with E-state index in [4.69, 9.17) is 0 Å². The van der Waals surface area contributed by atoms with Crippen LogP contribution in [0.1, 0.15) is 29.6 Å². The Morgan fingerprint density at radius 1 is 1.50 bits per heavy atom. The fourth-order valence-corrected chi connectivity index (χ4v) is 2.26. The SMILES string of the molecule is O=C(NCCC1CCCNC1)c1ccc[nH]c1=O. The van der Waals surface area contributed by atoms with Crippen molar-refractivity contribution < 1.29 is 4.79 Å². The van der Waals surface area contributed by atoms with Gasteiger partial charge in [-0.15, -0.1) is 0 Å². The van der Waals surface area contributed by atoms with Crippen LogP contribution in [-0.2, 0) is 0 Å². The number of hydrogen-bond acceptors (Lipinski definition) is 3. The van der Waals surface area contributed by atoms with Gasteiger partial charge in [0.15, 0.2) is 0 Å². The minimum absolute atomic E-state index is 0.180. The van der Waals surface area contributed by atoms with Gasteiger partial charge in [-0.3, -0.25) is 9.59 Å². The van der Waals surface area contributed by atoms with Crippen molar-refractivity contribution >= 4 is 5.91 Å². The largest absolute Gasteiger partial charge is 0.352 e. The molecule has 3 N–H and O–H groups in total. The van der Waals surface area contributed by atoms with Crippen LogP contribution in [0.2, 0.25) is 0 Å². The summed E-state index contributed by atoms with van der Waals surface area (Å²) in [5.74, 6) is 0.341. The van der Waals surface area contributed by atoms with Crippen LogP contribution in [0.15, 0.2) is 23.1 Å². The highest BCUT2D eigenvalue weighted by Gasteiger charge is 2.14. The lowest BCUT2D eigenvalue weighted by atomic mass is 9.96. The number of aromatic amines is 1. The molecule has 0 aliphatic carbocycles. The number of carbonyl (C=O) groups excluding carboxylic acids is 1. The van der Waals surface area contributed by atoms with Crippen molar-refractivity contribution in [2.24, 2.45) is 5.92 Å². The summed E-state index contributed by atoms with van der Waals surface area (Å²) in [5.41, 5.74) is -0.159. The lowest BCUT2D eigenvalue weighted by Gasteiger charge is -2.22. The number of carbonyl (C=O) groups is 1. The summed E-state index contributed by atoms with van der Waals surface area (Å²) in [7, 11) is 0. The fraction of sp³-hybridized carbons (Fsp3) is 0.538. The lowest BCUT2D eigenvalue weighted by molar-refractivity contribution is 0.0949. The van der Waals surface area contributed by atoms with E-state index in [1.54, 1.807) is 6.07 Å². The molecule has 0 aromatic carbocycles. The maximum absolute atomic E-state index is 11.8. The molecular formula is C13H19N3O2. The average molecular weight is 249 g/mol. The van der Waals surface area contributed by atoms with Gasteiger partial charge >= 0.3 is 0 Å². The second-order valence-corrected chi connectivity index (χ2v) is 4.67. The van der Waals surface area contributed by atoms with Crippen LogP contribution in [0.3, 0.4) is 0 Å². The Balaban J connectivity index is 1.78. The number of H-pyrrole nitrogens is 1. The molecule has 1 saturated heterocycles. The van der Waals surface area contributed by atoms with Crippen LogP contribution in [0, 0.1) is 5.92 Å². The standard InChI is InChI=1S/C13H19N3O2/c17-12-11(4-2-7-15-12)13(18)16-8-5-10-3-1-6-14-9-10/h2,4,7,10,14H,1,3,5-6,8-9H2,(H,15,17)(H,16,18). The van der Waals surface area contributed by atoms with Crippen molar-refractivity contribution in [2.75, 3.05) is 19.6 Å². The van der Waals surface area contributed by atoms with E-state index >= 15 is 0 Å². The molecule has 0 saturated carbocycles. The van der Waals surface area contributed by atoms with Crippen molar-refractivity contribution in [3.05, 3.63) is 34.2 Å². The van der Waals surface area contributed by atoms with Crippen LogP contribution < -0.4 is 16.2 Å². The summed E-state index contributed by atoms with van der Waals surface area (Å²) in [6.07, 6.45) is 4.90. The van der Waals surface area contributed by atoms with Gasteiger partial charge in [0.1, 0.15) is 5.56 Å². The first-order valence-corrected chi connectivity index (χ1v) is 6.44. The molecule has 1 aromatic heterocycles. The van der Waals surface area contributed by atoms with E-state index < -0.39 is 0 Å². The van der Waals surface area contributed by atoms with Crippen molar-refractivity contribution in [1.82, 2.24) is 15.6 Å². The summed E-state index contributed by atoms with van der Waals surface area (Å²) in [6.45, 7) is 2.75. The van der Waals surface area contributed by atoms with Gasteiger partial charge in [0, 0.05) is 12.7 Å². The van der Waals surface area contributed by atoms with Crippen LogP contribution >= 0.6 is 0 Å². The van der Waals surface area contributed by atoms with Gasteiger partial charge < -0.3 is 15.6 Å². The average Bonchev–Trinajstić information content (AvgIpc) is 2.40. The smallest absolute Gasteiger partial charge is 0.260 e. The number of piperidine rings is 1. The maximum atomic E-state index is 11.8. The third kappa shape index (κ3) is 3.43. The van der Waals surface area contributed by atoms with Crippen molar-refractivity contribution in [3.63, 3.8) is 0 Å². The van der Waals surface area contributed by atoms with E-state index in [2.05, 4.69) is 15.6 Å². The van der Waals surface area contributed by atoms with Crippen LogP contribution in [0.5, 0.6) is 0 Å². The quantitative estimate of drug-likeness (QED) is 0.727. The predicted molar refractivity (Wildman–Crippen MR) is 69.6 cm³/mol. The first-order chi connectivity index (χ1) is 8.77. The summed E-state index contributed by atoms with van der Waals surface area (Å²) < 4.78 is 0. The summed E-state index contributed by atoms with van der Waals surface area (Å²) >= 11 is 0. The minimum atomic E-state index is -0.339. The number of aromatic nitrogens is 1. The molecule has 5 nitrogen and oxygen atoms in total. The predicted octanol–water partition coefficient (Wildman–Crippen LogP) is 0.494. The van der Waals surface area contributed by atoms with Gasteiger partial charge in [0.05, 0.1) is 0 Å². The summed E-state index contributed by atoms with van der Waals surface area (Å²) in [6, 6.07) is 3.19. The molecule has 2 rings (SSSR count). The molecular weight excluding hydrogens is 230 g/mol. The molecule has 1 fully saturated rings. The number of hydrogen-bond donors (Lipinski definition) is 3. The van der Waals surface area contributed by atoms with Crippen molar-refractivity contribution in [1.29, 1.82) is 0 Å². The Bertz CT molecular complexity index is 450. The molecule has 0 spiro atoms. The highest BCUT2D eigenvalue weighted by atomic mass is 16.2. The Morgan fingerprint density at radius 2 is 2.39 bits per heavy atom. The van der Waals surface area contributed by atoms with E-state index in [1.807, 2.05) is 0 Å². The van der Waals surface area contributed by atoms with E-state index in [9.17, 15) is 9.59 Å². The molecule has 0 bridgehead atoms. The number of amides is 1. The first kappa shape index (κ1) is 12.8. The first-order valence-electron chi connectivity index (χ1n) is 6.44. The molecule has 18 heavy (non-hydrogen) atoms. The molecule has 1 atom stereocenters. The fourth-order valence-electron chi connectivity index (χ4n) is 2.26. The Morgan fingerprint density at radius 3 is 3.11 bits per heavy atom. The summed E-state index contributed by atoms with van der Waals surface area (Å²) in [4.78, 5) is 25.7. The number of nitrogens with one attached hydrogen (secondary N) is 3. The number of rotatable bonds is 4. The zero-order chi connectivity index (χ0) is 12.8. The van der Waals surface area contributed by atoms with Crippen molar-refractivity contribution in [3.8, 4) is 0 Å². The Labute approximate surface area is 106 Å². The molecule has 1 aliphatic rings. The van der Waals surface area contributed by atoms with Crippen LogP contribution in [0.25, 0.3) is 0 Å². The Hall–Kier alpha value is -1.62. The highest BCUT2D eigenvalue weighted by Crippen LogP contribution is 2.12. The van der Waals surface area contributed by atoms with Crippen LogP contribution in [0.4, 0.5) is 0 Å². The second kappa shape index (κ2) is 6.35. The molecule has 1 amide bonds. The zero-order valence-corrected chi connectivity index (χ0v) is 10.4. The van der Waals surface area contributed by atoms with Gasteiger partial charge in [-0.1, -0.05) is 0 Å². The molecule has 1 unspecified atom stereocenters. The highest BCUT2D eigenvalue weighted by molar-refractivity contribution is 5.93. The zero-order valence-electron chi connectivity index (χ0n) is 10.4. The van der Waals surface area contributed by atoms with E-state index in [0.29, 0.717) is 12.5 Å². The maximum Gasteiger partial charge on any atom is 0.260 e. The van der Waals surface area contributed by atoms with Gasteiger partial charge in [-0.05, 0) is 50.4 Å². The molecule has 5 heteroatoms. The third-order valence-electron chi connectivity index (χ3n) is 3.30. The molecule has 2 heterocycles. The minimum Gasteiger partial charge on any atom is -0.352 e. The Kier molecular flexibility index (Phi) is 4.52. The molecule has 98 valence electrons. The van der Waals surface area contributed by atoms with Gasteiger partial charge in [-0.25, -0.2) is 0 Å².